The summed E-state index contributed by atoms with van der Waals surface area (Å²) in [6.45, 7) is 5.25. The summed E-state index contributed by atoms with van der Waals surface area (Å²) in [6, 6.07) is 7.26. The maximum atomic E-state index is 14.5. The van der Waals surface area contributed by atoms with Crippen molar-refractivity contribution < 1.29 is 77.5 Å². The number of esters is 1. The van der Waals surface area contributed by atoms with Crippen molar-refractivity contribution in [1.29, 1.82) is 0 Å². The van der Waals surface area contributed by atoms with Gasteiger partial charge in [0.2, 0.25) is 47.6 Å². The van der Waals surface area contributed by atoms with Crippen molar-refractivity contribution in [1.82, 2.24) is 46.2 Å². The van der Waals surface area contributed by atoms with Crippen molar-refractivity contribution in [3.63, 3.8) is 0 Å². The molecule has 2 aromatic rings. The quantitative estimate of drug-likeness (QED) is 0.0502. The van der Waals surface area contributed by atoms with Crippen LogP contribution in [0.15, 0.2) is 42.5 Å². The summed E-state index contributed by atoms with van der Waals surface area (Å²) in [5, 5.41) is 41.1. The Labute approximate surface area is 456 Å². The van der Waals surface area contributed by atoms with Crippen LogP contribution in [-0.4, -0.2) is 216 Å². The van der Waals surface area contributed by atoms with Gasteiger partial charge in [0.15, 0.2) is 0 Å². The molecular weight excluding hydrogens is 1030 g/mol. The number of amides is 7. The van der Waals surface area contributed by atoms with Gasteiger partial charge in [-0.05, 0) is 47.4 Å². The molecule has 26 nitrogen and oxygen atoms in total. The number of carboxylic acids is 3. The van der Waals surface area contributed by atoms with Gasteiger partial charge in [-0.15, -0.1) is 0 Å². The van der Waals surface area contributed by atoms with Gasteiger partial charge >= 0.3 is 23.9 Å². The van der Waals surface area contributed by atoms with E-state index in [1.54, 1.807) is 28.9 Å². The van der Waals surface area contributed by atoms with Gasteiger partial charge in [-0.25, -0.2) is 0 Å². The molecule has 79 heavy (non-hydrogen) atoms. The predicted molar refractivity (Wildman–Crippen MR) is 280 cm³/mol. The molecule has 0 bridgehead atoms. The topological polar surface area (TPSA) is 343 Å². The number of benzene rings is 2. The molecular formula is C53H72N10O16. The fraction of sp³-hybridized carbons (Fsp3) is 0.566. The first-order valence-corrected chi connectivity index (χ1v) is 26.4. The zero-order valence-electron chi connectivity index (χ0n) is 44.9. The number of methoxy groups -OCH3 is 1. The third-order valence-corrected chi connectivity index (χ3v) is 14.7. The molecule has 2 aromatic carbocycles. The molecule has 0 aromatic heterocycles. The van der Waals surface area contributed by atoms with E-state index in [1.165, 1.54) is 24.0 Å². The molecule has 0 radical (unpaired) electrons. The Balaban J connectivity index is 0.998. The molecule has 26 heteroatoms. The number of rotatable bonds is 25. The summed E-state index contributed by atoms with van der Waals surface area (Å²) >= 11 is 0. The van der Waals surface area contributed by atoms with E-state index >= 15 is 0 Å². The monoisotopic (exact) mass is 1100 g/mol. The number of hydrogen-bond donors (Lipinski definition) is 8. The Bertz CT molecular complexity index is 2570. The summed E-state index contributed by atoms with van der Waals surface area (Å²) in [5.74, 6) is -8.80. The number of anilines is 1. The maximum Gasteiger partial charge on any atom is 0.317 e. The highest BCUT2D eigenvalue weighted by Gasteiger charge is 2.47. The van der Waals surface area contributed by atoms with E-state index in [0.717, 1.165) is 16.7 Å². The van der Waals surface area contributed by atoms with Crippen LogP contribution in [0.1, 0.15) is 68.2 Å². The van der Waals surface area contributed by atoms with E-state index in [4.69, 9.17) is 9.47 Å². The lowest BCUT2D eigenvalue weighted by Crippen LogP contribution is -2.59. The highest BCUT2D eigenvalue weighted by molar-refractivity contribution is 6.08. The highest BCUT2D eigenvalue weighted by atomic mass is 16.7. The van der Waals surface area contributed by atoms with Crippen molar-refractivity contribution in [2.45, 2.75) is 108 Å². The van der Waals surface area contributed by atoms with E-state index < -0.39 is 127 Å². The summed E-state index contributed by atoms with van der Waals surface area (Å²) in [5.41, 5.74) is 3.62. The molecule has 2 unspecified atom stereocenters. The minimum Gasteiger partial charge on any atom is -0.481 e. The van der Waals surface area contributed by atoms with E-state index in [1.807, 2.05) is 37.3 Å². The number of carbonyl (C=O) groups excluding carboxylic acids is 8. The summed E-state index contributed by atoms with van der Waals surface area (Å²) in [4.78, 5) is 150. The molecule has 4 aliphatic rings. The molecule has 0 spiro atoms. The second kappa shape index (κ2) is 28.4. The molecule has 8 N–H and O–H groups in total. The number of nitrogens with one attached hydrogen (secondary N) is 5. The van der Waals surface area contributed by atoms with Crippen LogP contribution >= 0.6 is 0 Å². The Morgan fingerprint density at radius 2 is 1.38 bits per heavy atom. The first-order chi connectivity index (χ1) is 37.6. The number of nitrogens with zero attached hydrogens (tertiary/aromatic N) is 5. The third-order valence-electron chi connectivity index (χ3n) is 14.7. The zero-order chi connectivity index (χ0) is 57.5. The van der Waals surface area contributed by atoms with Crippen molar-refractivity contribution in [2.75, 3.05) is 84.5 Å². The summed E-state index contributed by atoms with van der Waals surface area (Å²) in [7, 11) is 2.73. The summed E-state index contributed by atoms with van der Waals surface area (Å²) in [6.07, 6.45) is -0.885. The average Bonchev–Trinajstić information content (AvgIpc) is 3.97. The molecule has 7 atom stereocenters. The van der Waals surface area contributed by atoms with Crippen molar-refractivity contribution in [3.05, 3.63) is 64.7 Å². The molecule has 0 aliphatic carbocycles. The summed E-state index contributed by atoms with van der Waals surface area (Å²) < 4.78 is 10.4. The van der Waals surface area contributed by atoms with Crippen LogP contribution in [0.25, 0.3) is 0 Å². The van der Waals surface area contributed by atoms with E-state index in [0.29, 0.717) is 69.9 Å². The number of carboxylic acid groups (broad SMARTS) is 3. The van der Waals surface area contributed by atoms with Gasteiger partial charge in [-0.1, -0.05) is 62.7 Å². The first kappa shape index (κ1) is 60.7. The van der Waals surface area contributed by atoms with E-state index in [9.17, 15) is 68.1 Å². The second-order valence-electron chi connectivity index (χ2n) is 20.4. The Morgan fingerprint density at radius 3 is 1.99 bits per heavy atom. The van der Waals surface area contributed by atoms with Gasteiger partial charge in [-0.2, -0.15) is 0 Å². The van der Waals surface area contributed by atoms with Crippen molar-refractivity contribution >= 4 is 70.9 Å². The van der Waals surface area contributed by atoms with Gasteiger partial charge in [0.25, 0.3) is 0 Å². The lowest BCUT2D eigenvalue weighted by atomic mass is 9.96. The molecule has 6 rings (SSSR count). The minimum atomic E-state index is -1.34. The van der Waals surface area contributed by atoms with Gasteiger partial charge in [-0.3, -0.25) is 72.3 Å². The van der Waals surface area contributed by atoms with Crippen LogP contribution in [0.5, 0.6) is 0 Å². The predicted octanol–water partition coefficient (Wildman–Crippen LogP) is -1.93. The van der Waals surface area contributed by atoms with Crippen molar-refractivity contribution in [3.8, 4) is 0 Å². The van der Waals surface area contributed by atoms with Crippen LogP contribution < -0.4 is 31.5 Å². The second-order valence-corrected chi connectivity index (χ2v) is 20.4. The van der Waals surface area contributed by atoms with E-state index in [-0.39, 0.29) is 45.2 Å². The number of carbonyl (C=O) groups is 11. The minimum absolute atomic E-state index is 0.116. The van der Waals surface area contributed by atoms with Gasteiger partial charge < -0.3 is 56.3 Å². The van der Waals surface area contributed by atoms with Crippen LogP contribution in [0.4, 0.5) is 5.69 Å². The standard InChI is InChI=1S/C53H72N10O16/c1-5-31(2)47(51(76)57-37-14-13-34-7-6-8-35-24-39(63(48(34)35)52(37)77)50(75)58-38-25-46(73)79-53(38)78-4)59(3)42(66)27-54-41(65)26-55-49(74)36(15-16-43(67)68)56-40(64)23-32-9-11-33(12-10-32)28-60-17-19-61(29-44(69)70)21-22-62(20-18-60)30-45(71)72/h6-12,31,36-39,47,53H,5,13-30H2,1-4H3,(H,54,65)(H,55,74)(H,56,64)(H,57,76)(H,58,75)(H,67,68)(H,69,70)(H,71,72)/t31-,36-,37-,38?,39-,47-,53?/m0/s1. The number of likely N-dealkylation sites (N-methyl/N-ethyl adjacent to an activating group) is 1. The Kier molecular flexibility index (Phi) is 21.8. The highest BCUT2D eigenvalue weighted by Crippen LogP contribution is 2.39. The van der Waals surface area contributed by atoms with Crippen LogP contribution in [0.2, 0.25) is 0 Å². The number of para-hydroxylation sites is 1. The lowest BCUT2D eigenvalue weighted by Gasteiger charge is -2.34. The molecule has 4 heterocycles. The molecule has 0 saturated carbocycles. The Hall–Kier alpha value is -7.55. The zero-order valence-corrected chi connectivity index (χ0v) is 44.9. The number of cyclic esters (lactones) is 1. The molecule has 7 amide bonds. The number of aliphatic carboxylic acids is 3. The SMILES string of the molecule is CC[C@H](C)[C@@H](C(=O)N[C@H]1CCc2cccc3c2N(C1=O)[C@H](C(=O)NC1CC(=O)OC1OC)C3)N(C)C(=O)CNC(=O)CNC(=O)[C@H](CCC(=O)O)NC(=O)Cc1ccc(CN2CCN(CC(=O)O)CCN(CC(=O)O)CC2)cc1. The Morgan fingerprint density at radius 1 is 0.759 bits per heavy atom. The number of hydrogen-bond acceptors (Lipinski definition) is 16. The smallest absolute Gasteiger partial charge is 0.317 e. The van der Waals surface area contributed by atoms with Crippen LogP contribution in [-0.2, 0) is 88.0 Å². The van der Waals surface area contributed by atoms with Gasteiger partial charge in [0, 0.05) is 72.8 Å². The van der Waals surface area contributed by atoms with Crippen LogP contribution in [0.3, 0.4) is 0 Å². The number of aryl methyl sites for hydroxylation is 1. The number of ether oxygens (including phenoxy) is 2. The fourth-order valence-electron chi connectivity index (χ4n) is 10.3. The van der Waals surface area contributed by atoms with E-state index in [2.05, 4.69) is 31.5 Å². The first-order valence-electron chi connectivity index (χ1n) is 26.4. The fourth-order valence-corrected chi connectivity index (χ4v) is 10.3. The van der Waals surface area contributed by atoms with Crippen molar-refractivity contribution in [2.24, 2.45) is 5.92 Å². The molecule has 4 aliphatic heterocycles. The lowest BCUT2D eigenvalue weighted by molar-refractivity contribution is -0.160. The maximum absolute atomic E-state index is 14.5. The molecule has 430 valence electrons. The average molecular weight is 1110 g/mol. The molecule has 2 saturated heterocycles. The van der Waals surface area contributed by atoms with Gasteiger partial charge in [0.05, 0.1) is 44.7 Å². The molecule has 2 fully saturated rings. The normalized spacial score (nSPS) is 20.8. The third kappa shape index (κ3) is 17.0. The van der Waals surface area contributed by atoms with Gasteiger partial charge in [0.1, 0.15) is 30.2 Å². The largest absolute Gasteiger partial charge is 0.481 e. The van der Waals surface area contributed by atoms with Crippen LogP contribution in [0, 0.1) is 5.92 Å².